The molecule has 0 aliphatic carbocycles. The van der Waals surface area contributed by atoms with E-state index >= 15 is 0 Å². The summed E-state index contributed by atoms with van der Waals surface area (Å²) >= 11 is 0. The van der Waals surface area contributed by atoms with E-state index in [2.05, 4.69) is 18.9 Å². The Bertz CT molecular complexity index is 94.9. The molecule has 0 N–H and O–H groups in total. The number of likely N-dealkylation sites (tertiary alicyclic amines) is 1. The van der Waals surface area contributed by atoms with Crippen LogP contribution in [0.15, 0.2) is 0 Å². The second kappa shape index (κ2) is 2.67. The smallest absolute Gasteiger partial charge is 0.0735 e. The van der Waals surface area contributed by atoms with Crippen molar-refractivity contribution in [3.05, 3.63) is 0 Å². The van der Waals surface area contributed by atoms with Gasteiger partial charge in [0.2, 0.25) is 0 Å². The van der Waals surface area contributed by atoms with Crippen molar-refractivity contribution in [1.82, 2.24) is 4.90 Å². The lowest BCUT2D eigenvalue weighted by Gasteiger charge is -2.10. The summed E-state index contributed by atoms with van der Waals surface area (Å²) in [6, 6.07) is 0. The van der Waals surface area contributed by atoms with Crippen molar-refractivity contribution in [1.29, 1.82) is 0 Å². The Kier molecular flexibility index (Phi) is 2.09. The van der Waals surface area contributed by atoms with Gasteiger partial charge in [0.15, 0.2) is 0 Å². The van der Waals surface area contributed by atoms with Gasteiger partial charge in [-0.3, -0.25) is 0 Å². The second-order valence-electron chi connectivity index (χ2n) is 2.97. The third-order valence-electron chi connectivity index (χ3n) is 2.03. The lowest BCUT2D eigenvalue weighted by atomic mass is 10.1. The highest BCUT2D eigenvalue weighted by atomic mass is 16.5. The molecular formula is C7H15NO. The quantitative estimate of drug-likeness (QED) is 0.513. The predicted octanol–water partition coefficient (Wildman–Crippen LogP) is 0.583. The first-order valence-electron chi connectivity index (χ1n) is 3.45. The van der Waals surface area contributed by atoms with Gasteiger partial charge in [0.05, 0.1) is 6.10 Å². The van der Waals surface area contributed by atoms with Gasteiger partial charge < -0.3 is 9.64 Å². The molecule has 9 heavy (non-hydrogen) atoms. The predicted molar refractivity (Wildman–Crippen MR) is 37.5 cm³/mol. The molecule has 1 fully saturated rings. The minimum atomic E-state index is 0.468. The summed E-state index contributed by atoms with van der Waals surface area (Å²) in [6.07, 6.45) is 0.468. The van der Waals surface area contributed by atoms with Crippen molar-refractivity contribution in [2.75, 3.05) is 27.2 Å². The molecule has 1 rings (SSSR count). The van der Waals surface area contributed by atoms with Crippen LogP contribution in [0.5, 0.6) is 0 Å². The fourth-order valence-corrected chi connectivity index (χ4v) is 1.48. The molecule has 54 valence electrons. The number of methoxy groups -OCH3 is 1. The zero-order valence-corrected chi connectivity index (χ0v) is 6.42. The molecule has 0 spiro atoms. The Hall–Kier alpha value is -0.0800. The zero-order chi connectivity index (χ0) is 6.85. The molecule has 0 saturated carbocycles. The first kappa shape index (κ1) is 7.03. The maximum atomic E-state index is 5.25. The van der Waals surface area contributed by atoms with Gasteiger partial charge in [0.1, 0.15) is 0 Å². The van der Waals surface area contributed by atoms with Gasteiger partial charge in [-0.1, -0.05) is 6.92 Å². The molecule has 1 saturated heterocycles. The Balaban J connectivity index is 2.38. The van der Waals surface area contributed by atoms with Gasteiger partial charge in [-0.15, -0.1) is 0 Å². The Morgan fingerprint density at radius 1 is 1.44 bits per heavy atom. The molecule has 0 aromatic carbocycles. The molecule has 0 amide bonds. The third kappa shape index (κ3) is 1.43. The van der Waals surface area contributed by atoms with Gasteiger partial charge in [-0.05, 0) is 13.0 Å². The molecule has 0 aromatic rings. The summed E-state index contributed by atoms with van der Waals surface area (Å²) in [5, 5.41) is 0. The van der Waals surface area contributed by atoms with Crippen LogP contribution in [0, 0.1) is 5.92 Å². The van der Waals surface area contributed by atoms with Crippen LogP contribution in [-0.4, -0.2) is 38.3 Å². The van der Waals surface area contributed by atoms with Gasteiger partial charge in [-0.2, -0.15) is 0 Å². The van der Waals surface area contributed by atoms with E-state index in [0.29, 0.717) is 12.0 Å². The summed E-state index contributed by atoms with van der Waals surface area (Å²) < 4.78 is 5.25. The van der Waals surface area contributed by atoms with Crippen molar-refractivity contribution < 1.29 is 4.74 Å². The largest absolute Gasteiger partial charge is 0.380 e. The van der Waals surface area contributed by atoms with Crippen LogP contribution in [0.4, 0.5) is 0 Å². The maximum absolute atomic E-state index is 5.25. The number of hydrogen-bond donors (Lipinski definition) is 0. The average Bonchev–Trinajstić information content (AvgIpc) is 2.10. The van der Waals surface area contributed by atoms with E-state index in [1.165, 1.54) is 6.54 Å². The summed E-state index contributed by atoms with van der Waals surface area (Å²) in [5.74, 6) is 0.708. The molecule has 1 aliphatic heterocycles. The highest BCUT2D eigenvalue weighted by Crippen LogP contribution is 2.16. The van der Waals surface area contributed by atoms with Gasteiger partial charge in [0.25, 0.3) is 0 Å². The van der Waals surface area contributed by atoms with Gasteiger partial charge in [-0.25, -0.2) is 0 Å². The van der Waals surface area contributed by atoms with E-state index in [0.717, 1.165) is 6.54 Å². The molecule has 0 unspecified atom stereocenters. The fraction of sp³-hybridized carbons (Fsp3) is 1.00. The number of nitrogens with zero attached hydrogens (tertiary/aromatic N) is 1. The summed E-state index contributed by atoms with van der Waals surface area (Å²) in [4.78, 5) is 2.30. The Morgan fingerprint density at radius 3 is 2.33 bits per heavy atom. The minimum absolute atomic E-state index is 0.468. The van der Waals surface area contributed by atoms with Crippen molar-refractivity contribution in [3.63, 3.8) is 0 Å². The maximum Gasteiger partial charge on any atom is 0.0735 e. The first-order chi connectivity index (χ1) is 4.24. The van der Waals surface area contributed by atoms with E-state index in [1.807, 2.05) is 0 Å². The molecule has 0 bridgehead atoms. The molecule has 0 aromatic heterocycles. The van der Waals surface area contributed by atoms with E-state index in [4.69, 9.17) is 4.74 Å². The molecule has 0 radical (unpaired) electrons. The van der Waals surface area contributed by atoms with E-state index in [-0.39, 0.29) is 0 Å². The fourth-order valence-electron chi connectivity index (χ4n) is 1.48. The highest BCUT2D eigenvalue weighted by Gasteiger charge is 2.26. The second-order valence-corrected chi connectivity index (χ2v) is 2.97. The van der Waals surface area contributed by atoms with Crippen LogP contribution < -0.4 is 0 Å². The number of ether oxygens (including phenoxy) is 1. The minimum Gasteiger partial charge on any atom is -0.380 e. The Labute approximate surface area is 56.8 Å². The van der Waals surface area contributed by atoms with Crippen molar-refractivity contribution in [3.8, 4) is 0 Å². The van der Waals surface area contributed by atoms with E-state index < -0.39 is 0 Å². The molecule has 2 heteroatoms. The number of hydrogen-bond acceptors (Lipinski definition) is 2. The molecule has 1 heterocycles. The normalized spacial score (nSPS) is 37.7. The molecule has 1 aliphatic rings. The van der Waals surface area contributed by atoms with Crippen molar-refractivity contribution in [2.24, 2.45) is 5.92 Å². The van der Waals surface area contributed by atoms with Crippen molar-refractivity contribution >= 4 is 0 Å². The average molecular weight is 129 g/mol. The van der Waals surface area contributed by atoms with Crippen LogP contribution in [0.25, 0.3) is 0 Å². The van der Waals surface area contributed by atoms with E-state index in [1.54, 1.807) is 7.11 Å². The molecule has 2 nitrogen and oxygen atoms in total. The lowest BCUT2D eigenvalue weighted by Crippen LogP contribution is -2.19. The number of rotatable bonds is 1. The SMILES string of the molecule is CO[C@@H]1CN(C)C[C@H]1C. The number of likely N-dealkylation sites (N-methyl/N-ethyl adjacent to an activating group) is 1. The topological polar surface area (TPSA) is 12.5 Å². The van der Waals surface area contributed by atoms with Crippen LogP contribution in [-0.2, 0) is 4.74 Å². The standard InChI is InChI=1S/C7H15NO/c1-6-4-8(2)5-7(6)9-3/h6-7H,4-5H2,1-3H3/t6-,7-/m1/s1. The van der Waals surface area contributed by atoms with Crippen LogP contribution in [0.1, 0.15) is 6.92 Å². The first-order valence-corrected chi connectivity index (χ1v) is 3.45. The monoisotopic (exact) mass is 129 g/mol. The Morgan fingerprint density at radius 2 is 2.11 bits per heavy atom. The lowest BCUT2D eigenvalue weighted by molar-refractivity contribution is 0.0851. The summed E-state index contributed by atoms with van der Waals surface area (Å²) in [7, 11) is 3.93. The zero-order valence-electron chi connectivity index (χ0n) is 6.42. The van der Waals surface area contributed by atoms with Gasteiger partial charge >= 0.3 is 0 Å². The highest BCUT2D eigenvalue weighted by molar-refractivity contribution is 4.79. The van der Waals surface area contributed by atoms with Crippen LogP contribution >= 0.6 is 0 Å². The molecule has 2 atom stereocenters. The summed E-state index contributed by atoms with van der Waals surface area (Å²) in [6.45, 7) is 4.51. The van der Waals surface area contributed by atoms with Crippen LogP contribution in [0.3, 0.4) is 0 Å². The van der Waals surface area contributed by atoms with Crippen LogP contribution in [0.2, 0.25) is 0 Å². The van der Waals surface area contributed by atoms with Gasteiger partial charge in [0, 0.05) is 20.2 Å². The van der Waals surface area contributed by atoms with E-state index in [9.17, 15) is 0 Å². The third-order valence-corrected chi connectivity index (χ3v) is 2.03. The molecular weight excluding hydrogens is 114 g/mol. The van der Waals surface area contributed by atoms with Crippen molar-refractivity contribution in [2.45, 2.75) is 13.0 Å². The summed E-state index contributed by atoms with van der Waals surface area (Å²) in [5.41, 5.74) is 0.